The van der Waals surface area contributed by atoms with Crippen LogP contribution in [0.1, 0.15) is 11.4 Å². The number of nitrogens with zero attached hydrogens (tertiary/aromatic N) is 4. The van der Waals surface area contributed by atoms with Crippen LogP contribution in [0.5, 0.6) is 0 Å². The normalized spacial score (nSPS) is 12.7. The second-order valence-corrected chi connectivity index (χ2v) is 8.34. The maximum absolute atomic E-state index is 13.1. The van der Waals surface area contributed by atoms with Gasteiger partial charge in [-0.3, -0.25) is 13.8 Å². The summed E-state index contributed by atoms with van der Waals surface area (Å²) in [5.74, 6) is 0.352. The molecule has 0 radical (unpaired) electrons. The topological polar surface area (TPSA) is 98.4 Å². The molecule has 0 saturated heterocycles. The van der Waals surface area contributed by atoms with E-state index >= 15 is 0 Å². The maximum atomic E-state index is 13.1. The molecule has 0 unspecified atom stereocenters. The fraction of sp³-hybridized carbons (Fsp3) is 0.167. The quantitative estimate of drug-likeness (QED) is 0.530. The van der Waals surface area contributed by atoms with Crippen molar-refractivity contribution in [2.45, 2.75) is 18.0 Å². The Bertz CT molecular complexity index is 1460. The Kier molecular flexibility index (Phi) is 4.43. The summed E-state index contributed by atoms with van der Waals surface area (Å²) in [6.45, 7) is 1.60. The highest BCUT2D eigenvalue weighted by atomic mass is 32.2. The molecule has 2 aromatic heterocycles. The lowest BCUT2D eigenvalue weighted by Gasteiger charge is -2.14. The monoisotopic (exact) mass is 437 g/mol. The lowest BCUT2D eigenvalue weighted by Crippen LogP contribution is -2.23. The van der Waals surface area contributed by atoms with E-state index in [4.69, 9.17) is 0 Å². The van der Waals surface area contributed by atoms with E-state index in [1.165, 1.54) is 46.3 Å². The first-order valence-corrected chi connectivity index (χ1v) is 10.0. The molecule has 0 fully saturated rings. The molecule has 0 aliphatic carbocycles. The van der Waals surface area contributed by atoms with E-state index in [0.29, 0.717) is 11.3 Å². The van der Waals surface area contributed by atoms with Gasteiger partial charge in [0, 0.05) is 5.69 Å². The van der Waals surface area contributed by atoms with Gasteiger partial charge in [0.05, 0.1) is 21.5 Å². The van der Waals surface area contributed by atoms with Crippen molar-refractivity contribution >= 4 is 26.7 Å². The Balaban J connectivity index is 2.09. The van der Waals surface area contributed by atoms with Gasteiger partial charge in [-0.1, -0.05) is 0 Å². The number of nitrogens with one attached hydrogen (secondary N) is 1. The first-order valence-electron chi connectivity index (χ1n) is 8.56. The highest BCUT2D eigenvalue weighted by molar-refractivity contribution is 7.89. The highest BCUT2D eigenvalue weighted by Crippen LogP contribution is 2.30. The van der Waals surface area contributed by atoms with Gasteiger partial charge in [-0.2, -0.15) is 13.2 Å². The van der Waals surface area contributed by atoms with Crippen molar-refractivity contribution in [3.05, 3.63) is 64.2 Å². The van der Waals surface area contributed by atoms with Crippen LogP contribution in [0.3, 0.4) is 0 Å². The third kappa shape index (κ3) is 3.04. The molecule has 156 valence electrons. The largest absolute Gasteiger partial charge is 0.416 e. The molecule has 0 atom stereocenters. The SMILES string of the molecule is CNS(=O)(=O)c1ccc2c(c1)n1c(C)nnc1c(=O)n2-c1ccc(C(F)(F)F)cc1. The molecule has 1 N–H and O–H groups in total. The minimum Gasteiger partial charge on any atom is -0.273 e. The number of halogens is 3. The van der Waals surface area contributed by atoms with E-state index in [1.54, 1.807) is 6.92 Å². The van der Waals surface area contributed by atoms with Gasteiger partial charge in [0.1, 0.15) is 5.82 Å². The van der Waals surface area contributed by atoms with E-state index in [2.05, 4.69) is 14.9 Å². The Labute approximate surface area is 167 Å². The molecule has 12 heteroatoms. The Morgan fingerprint density at radius 2 is 1.67 bits per heavy atom. The fourth-order valence-corrected chi connectivity index (χ4v) is 3.96. The summed E-state index contributed by atoms with van der Waals surface area (Å²) in [7, 11) is -2.51. The number of rotatable bonds is 3. The van der Waals surface area contributed by atoms with Gasteiger partial charge in [0.15, 0.2) is 0 Å². The zero-order valence-electron chi connectivity index (χ0n) is 15.6. The Hall–Kier alpha value is -3.25. The summed E-state index contributed by atoms with van der Waals surface area (Å²) in [5.41, 5.74) is -0.782. The average molecular weight is 437 g/mol. The van der Waals surface area contributed by atoms with Crippen LogP contribution in [0.15, 0.2) is 52.2 Å². The van der Waals surface area contributed by atoms with Crippen LogP contribution in [0.4, 0.5) is 13.2 Å². The van der Waals surface area contributed by atoms with Gasteiger partial charge in [-0.15, -0.1) is 10.2 Å². The molecule has 30 heavy (non-hydrogen) atoms. The van der Waals surface area contributed by atoms with Crippen LogP contribution in [0, 0.1) is 6.92 Å². The molecule has 0 bridgehead atoms. The minimum atomic E-state index is -4.52. The van der Waals surface area contributed by atoms with E-state index < -0.39 is 27.3 Å². The van der Waals surface area contributed by atoms with Gasteiger partial charge >= 0.3 is 11.7 Å². The van der Waals surface area contributed by atoms with Crippen molar-refractivity contribution in [2.24, 2.45) is 0 Å². The van der Waals surface area contributed by atoms with Crippen LogP contribution in [0.25, 0.3) is 22.4 Å². The van der Waals surface area contributed by atoms with Gasteiger partial charge in [-0.25, -0.2) is 13.1 Å². The molecule has 0 amide bonds. The number of alkyl halides is 3. The van der Waals surface area contributed by atoms with Crippen LogP contribution in [-0.2, 0) is 16.2 Å². The van der Waals surface area contributed by atoms with E-state index in [1.807, 2.05) is 0 Å². The van der Waals surface area contributed by atoms with Crippen LogP contribution in [0.2, 0.25) is 0 Å². The second-order valence-electron chi connectivity index (χ2n) is 6.45. The molecule has 0 aliphatic rings. The standard InChI is InChI=1S/C18H14F3N5O3S/c1-10-23-24-16-17(27)26(12-5-3-11(4-6-12)18(19,20)21)14-8-7-13(30(28,29)22-2)9-15(14)25(10)16/h3-9,22H,1-2H3. The third-order valence-electron chi connectivity index (χ3n) is 4.68. The molecule has 8 nitrogen and oxygen atoms in total. The number of sulfonamides is 1. The molecule has 2 heterocycles. The number of hydrogen-bond acceptors (Lipinski definition) is 5. The maximum Gasteiger partial charge on any atom is 0.416 e. The van der Waals surface area contributed by atoms with Crippen molar-refractivity contribution in [1.82, 2.24) is 23.9 Å². The third-order valence-corrected chi connectivity index (χ3v) is 6.09. The van der Waals surface area contributed by atoms with Crippen molar-refractivity contribution in [1.29, 1.82) is 0 Å². The van der Waals surface area contributed by atoms with Gasteiger partial charge in [-0.05, 0) is 56.4 Å². The van der Waals surface area contributed by atoms with E-state index in [-0.39, 0.29) is 21.7 Å². The van der Waals surface area contributed by atoms with E-state index in [9.17, 15) is 26.4 Å². The van der Waals surface area contributed by atoms with Gasteiger partial charge in [0.2, 0.25) is 15.7 Å². The Morgan fingerprint density at radius 3 is 2.27 bits per heavy atom. The zero-order valence-corrected chi connectivity index (χ0v) is 16.4. The molecule has 4 aromatic rings. The summed E-state index contributed by atoms with van der Waals surface area (Å²) in [5, 5.41) is 7.74. The number of aryl methyl sites for hydroxylation is 1. The smallest absolute Gasteiger partial charge is 0.273 e. The van der Waals surface area contributed by atoms with Gasteiger partial charge in [0.25, 0.3) is 0 Å². The second kappa shape index (κ2) is 6.64. The van der Waals surface area contributed by atoms with Crippen LogP contribution >= 0.6 is 0 Å². The van der Waals surface area contributed by atoms with Crippen molar-refractivity contribution in [2.75, 3.05) is 7.05 Å². The minimum absolute atomic E-state index is 0.0514. The number of aromatic nitrogens is 4. The van der Waals surface area contributed by atoms with E-state index in [0.717, 1.165) is 12.1 Å². The van der Waals surface area contributed by atoms with Crippen molar-refractivity contribution in [3.8, 4) is 5.69 Å². The summed E-state index contributed by atoms with van der Waals surface area (Å²) in [6.07, 6.45) is -4.52. The summed E-state index contributed by atoms with van der Waals surface area (Å²) in [6, 6.07) is 8.14. The molecule has 0 aliphatic heterocycles. The lowest BCUT2D eigenvalue weighted by atomic mass is 10.2. The highest BCUT2D eigenvalue weighted by Gasteiger charge is 2.30. The van der Waals surface area contributed by atoms with Gasteiger partial charge < -0.3 is 0 Å². The zero-order chi connectivity index (χ0) is 21.8. The fourth-order valence-electron chi connectivity index (χ4n) is 3.21. The average Bonchev–Trinajstić information content (AvgIpc) is 3.10. The van der Waals surface area contributed by atoms with Crippen LogP contribution < -0.4 is 10.3 Å². The molecule has 2 aromatic carbocycles. The summed E-state index contributed by atoms with van der Waals surface area (Å²) in [4.78, 5) is 13.0. The predicted molar refractivity (Wildman–Crippen MR) is 102 cm³/mol. The molecule has 4 rings (SSSR count). The first kappa shape index (κ1) is 20.0. The van der Waals surface area contributed by atoms with Crippen LogP contribution in [-0.4, -0.2) is 34.6 Å². The lowest BCUT2D eigenvalue weighted by molar-refractivity contribution is -0.137. The predicted octanol–water partition coefficient (Wildman–Crippen LogP) is 2.27. The Morgan fingerprint density at radius 1 is 1.00 bits per heavy atom. The molecule has 0 saturated carbocycles. The number of benzene rings is 2. The molecular weight excluding hydrogens is 423 g/mol. The summed E-state index contributed by atoms with van der Waals surface area (Å²) < 4.78 is 68.0. The van der Waals surface area contributed by atoms with Crippen molar-refractivity contribution < 1.29 is 21.6 Å². The summed E-state index contributed by atoms with van der Waals surface area (Å²) >= 11 is 0. The molecular formula is C18H14F3N5O3S. The number of hydrogen-bond donors (Lipinski definition) is 1. The van der Waals surface area contributed by atoms with Crippen molar-refractivity contribution in [3.63, 3.8) is 0 Å². The molecule has 0 spiro atoms. The first-order chi connectivity index (χ1) is 14.0. The number of fused-ring (bicyclic) bond motifs is 3.